The van der Waals surface area contributed by atoms with Gasteiger partial charge < -0.3 is 5.32 Å². The molecule has 2 nitrogen and oxygen atoms in total. The van der Waals surface area contributed by atoms with E-state index in [1.165, 1.54) is 11.1 Å². The molecule has 0 bridgehead atoms. The number of carbonyl (C=O) groups is 1. The van der Waals surface area contributed by atoms with Crippen LogP contribution in [0.25, 0.3) is 0 Å². The largest absolute Gasteiger partial charge is 0.326 e. The summed E-state index contributed by atoms with van der Waals surface area (Å²) in [6.45, 7) is 12.8. The summed E-state index contributed by atoms with van der Waals surface area (Å²) in [6.07, 6.45) is 0. The Morgan fingerprint density at radius 2 is 1.44 bits per heavy atom. The van der Waals surface area contributed by atoms with Crippen LogP contribution in [0.5, 0.6) is 0 Å². The van der Waals surface area contributed by atoms with E-state index < -0.39 is 0 Å². The predicted molar refractivity (Wildman–Crippen MR) is 75.6 cm³/mol. The fraction of sp³-hybridized carbons (Fsp3) is 0.562. The molecule has 18 heavy (non-hydrogen) atoms. The lowest BCUT2D eigenvalue weighted by Gasteiger charge is -2.08. The Bertz CT molecular complexity index is 466. The average Bonchev–Trinajstić information content (AvgIpc) is 2.54. The quantitative estimate of drug-likeness (QED) is 0.840. The van der Waals surface area contributed by atoms with Crippen molar-refractivity contribution in [3.63, 3.8) is 0 Å². The van der Waals surface area contributed by atoms with Crippen molar-refractivity contribution in [2.24, 2.45) is 16.7 Å². The van der Waals surface area contributed by atoms with Gasteiger partial charge in [0.25, 0.3) is 0 Å². The second kappa shape index (κ2) is 3.84. The molecular formula is C16H23NO. The van der Waals surface area contributed by atoms with Crippen LogP contribution < -0.4 is 5.32 Å². The number of rotatable bonds is 2. The summed E-state index contributed by atoms with van der Waals surface area (Å²) in [7, 11) is 0. The monoisotopic (exact) mass is 245 g/mol. The van der Waals surface area contributed by atoms with E-state index in [1.54, 1.807) is 0 Å². The first-order valence-electron chi connectivity index (χ1n) is 6.55. The van der Waals surface area contributed by atoms with Crippen molar-refractivity contribution in [1.29, 1.82) is 0 Å². The summed E-state index contributed by atoms with van der Waals surface area (Å²) in [5.41, 5.74) is 3.46. The molecule has 1 aliphatic rings. The first-order chi connectivity index (χ1) is 8.16. The smallest absolute Gasteiger partial charge is 0.228 e. The Hall–Kier alpha value is -1.31. The Labute approximate surface area is 110 Å². The molecule has 1 aromatic carbocycles. The molecule has 2 rings (SSSR count). The summed E-state index contributed by atoms with van der Waals surface area (Å²) < 4.78 is 0. The third-order valence-electron chi connectivity index (χ3n) is 4.77. The van der Waals surface area contributed by atoms with Crippen molar-refractivity contribution in [1.82, 2.24) is 0 Å². The van der Waals surface area contributed by atoms with E-state index in [4.69, 9.17) is 0 Å². The maximum atomic E-state index is 12.3. The summed E-state index contributed by atoms with van der Waals surface area (Å²) in [5, 5.41) is 3.06. The van der Waals surface area contributed by atoms with Crippen molar-refractivity contribution in [2.75, 3.05) is 5.32 Å². The Balaban J connectivity index is 2.14. The van der Waals surface area contributed by atoms with Gasteiger partial charge in [-0.3, -0.25) is 4.79 Å². The van der Waals surface area contributed by atoms with Crippen LogP contribution in [-0.4, -0.2) is 5.91 Å². The minimum Gasteiger partial charge on any atom is -0.326 e. The minimum absolute atomic E-state index is 0.0932. The van der Waals surface area contributed by atoms with Gasteiger partial charge in [-0.05, 0) is 47.9 Å². The van der Waals surface area contributed by atoms with Crippen LogP contribution in [0.1, 0.15) is 38.8 Å². The van der Waals surface area contributed by atoms with Crippen LogP contribution in [0.15, 0.2) is 18.2 Å². The molecule has 1 aliphatic carbocycles. The fourth-order valence-corrected chi connectivity index (χ4v) is 3.11. The van der Waals surface area contributed by atoms with Crippen molar-refractivity contribution >= 4 is 11.6 Å². The highest BCUT2D eigenvalue weighted by atomic mass is 16.2. The highest BCUT2D eigenvalue weighted by Crippen LogP contribution is 2.68. The summed E-state index contributed by atoms with van der Waals surface area (Å²) in [4.78, 5) is 12.3. The van der Waals surface area contributed by atoms with Crippen LogP contribution in [0.3, 0.4) is 0 Å². The summed E-state index contributed by atoms with van der Waals surface area (Å²) in [6, 6.07) is 6.15. The van der Waals surface area contributed by atoms with Gasteiger partial charge in [-0.1, -0.05) is 33.8 Å². The zero-order valence-corrected chi connectivity index (χ0v) is 12.2. The highest BCUT2D eigenvalue weighted by molar-refractivity contribution is 5.96. The van der Waals surface area contributed by atoms with Crippen molar-refractivity contribution < 1.29 is 4.79 Å². The van der Waals surface area contributed by atoms with Gasteiger partial charge in [0, 0.05) is 11.6 Å². The Morgan fingerprint density at radius 3 is 1.83 bits per heavy atom. The standard InChI is InChI=1S/C16H23NO/c1-10-7-11(2)9-12(8-10)17-14(18)13-15(3,4)16(13,5)6/h7-9,13H,1-6H3,(H,17,18). The average molecular weight is 245 g/mol. The molecule has 0 heterocycles. The van der Waals surface area contributed by atoms with E-state index in [-0.39, 0.29) is 22.7 Å². The van der Waals surface area contributed by atoms with E-state index in [2.05, 4.69) is 39.1 Å². The van der Waals surface area contributed by atoms with Gasteiger partial charge in [-0.15, -0.1) is 0 Å². The topological polar surface area (TPSA) is 29.1 Å². The number of hydrogen-bond donors (Lipinski definition) is 1. The molecule has 1 saturated carbocycles. The number of carbonyl (C=O) groups excluding carboxylic acids is 1. The number of hydrogen-bond acceptors (Lipinski definition) is 1. The molecule has 1 N–H and O–H groups in total. The van der Waals surface area contributed by atoms with E-state index in [9.17, 15) is 4.79 Å². The molecule has 1 aromatic rings. The molecule has 1 fully saturated rings. The Kier molecular flexibility index (Phi) is 2.80. The maximum Gasteiger partial charge on any atom is 0.228 e. The number of nitrogens with one attached hydrogen (secondary N) is 1. The van der Waals surface area contributed by atoms with Gasteiger partial charge in [0.05, 0.1) is 0 Å². The molecule has 0 saturated heterocycles. The predicted octanol–water partition coefficient (Wildman–Crippen LogP) is 3.92. The summed E-state index contributed by atoms with van der Waals surface area (Å²) in [5.74, 6) is 0.251. The third kappa shape index (κ3) is 1.94. The first-order valence-corrected chi connectivity index (χ1v) is 6.55. The van der Waals surface area contributed by atoms with E-state index >= 15 is 0 Å². The molecular weight excluding hydrogens is 222 g/mol. The SMILES string of the molecule is Cc1cc(C)cc(NC(=O)C2C(C)(C)C2(C)C)c1. The van der Waals surface area contributed by atoms with Gasteiger partial charge in [-0.25, -0.2) is 0 Å². The normalized spacial score (nSPS) is 20.6. The molecule has 0 aliphatic heterocycles. The van der Waals surface area contributed by atoms with Crippen LogP contribution in [0, 0.1) is 30.6 Å². The highest BCUT2D eigenvalue weighted by Gasteiger charge is 2.68. The lowest BCUT2D eigenvalue weighted by atomic mass is 10.0. The molecule has 2 heteroatoms. The second-order valence-electron chi connectivity index (χ2n) is 6.74. The fourth-order valence-electron chi connectivity index (χ4n) is 3.11. The van der Waals surface area contributed by atoms with Gasteiger partial charge in [0.2, 0.25) is 5.91 Å². The Morgan fingerprint density at radius 1 is 1.00 bits per heavy atom. The second-order valence-corrected chi connectivity index (χ2v) is 6.74. The first kappa shape index (κ1) is 13.1. The molecule has 0 aromatic heterocycles. The molecule has 1 amide bonds. The van der Waals surface area contributed by atoms with Crippen molar-refractivity contribution in [3.05, 3.63) is 29.3 Å². The van der Waals surface area contributed by atoms with Crippen LogP contribution in [0.2, 0.25) is 0 Å². The van der Waals surface area contributed by atoms with E-state index in [0.717, 1.165) is 5.69 Å². The van der Waals surface area contributed by atoms with Crippen LogP contribution >= 0.6 is 0 Å². The van der Waals surface area contributed by atoms with Gasteiger partial charge in [0.15, 0.2) is 0 Å². The number of aryl methyl sites for hydroxylation is 2. The summed E-state index contributed by atoms with van der Waals surface area (Å²) >= 11 is 0. The van der Waals surface area contributed by atoms with Crippen LogP contribution in [-0.2, 0) is 4.79 Å². The lowest BCUT2D eigenvalue weighted by Crippen LogP contribution is -2.17. The molecule has 0 spiro atoms. The molecule has 0 atom stereocenters. The number of amides is 1. The zero-order chi connectivity index (χ0) is 13.7. The lowest BCUT2D eigenvalue weighted by molar-refractivity contribution is -0.118. The molecule has 0 unspecified atom stereocenters. The third-order valence-corrected chi connectivity index (χ3v) is 4.77. The van der Waals surface area contributed by atoms with Gasteiger partial charge >= 0.3 is 0 Å². The number of benzene rings is 1. The molecule has 0 radical (unpaired) electrons. The van der Waals surface area contributed by atoms with Gasteiger partial charge in [0.1, 0.15) is 0 Å². The molecule has 98 valence electrons. The van der Waals surface area contributed by atoms with E-state index in [1.807, 2.05) is 26.0 Å². The van der Waals surface area contributed by atoms with Gasteiger partial charge in [-0.2, -0.15) is 0 Å². The number of anilines is 1. The maximum absolute atomic E-state index is 12.3. The van der Waals surface area contributed by atoms with Crippen molar-refractivity contribution in [3.8, 4) is 0 Å². The van der Waals surface area contributed by atoms with Crippen molar-refractivity contribution in [2.45, 2.75) is 41.5 Å². The van der Waals surface area contributed by atoms with E-state index in [0.29, 0.717) is 0 Å². The van der Waals surface area contributed by atoms with Crippen LogP contribution in [0.4, 0.5) is 5.69 Å². The zero-order valence-electron chi connectivity index (χ0n) is 12.2. The minimum atomic E-state index is 0.0932.